The van der Waals surface area contributed by atoms with Gasteiger partial charge in [0.1, 0.15) is 24.3 Å². The summed E-state index contributed by atoms with van der Waals surface area (Å²) in [5.74, 6) is -2.85. The minimum Gasteiger partial charge on any atom is -0.595 e. The molecular formula is C16H27N3O8-2. The van der Waals surface area contributed by atoms with Gasteiger partial charge in [-0.05, 0) is 0 Å². The Labute approximate surface area is 157 Å². The third-order valence-electron chi connectivity index (χ3n) is 2.59. The van der Waals surface area contributed by atoms with Gasteiger partial charge in [0.2, 0.25) is 0 Å². The first-order chi connectivity index (χ1) is 12.1. The molecule has 0 bridgehead atoms. The molecule has 0 aliphatic heterocycles. The van der Waals surface area contributed by atoms with Crippen molar-refractivity contribution < 1.29 is 39.5 Å². The zero-order chi connectivity index (χ0) is 21.4. The van der Waals surface area contributed by atoms with Crippen LogP contribution in [0.4, 0.5) is 0 Å². The molecule has 11 nitrogen and oxygen atoms in total. The lowest BCUT2D eigenvalue weighted by atomic mass is 10.2. The predicted molar refractivity (Wildman–Crippen MR) is 92.3 cm³/mol. The van der Waals surface area contributed by atoms with E-state index >= 15 is 0 Å². The summed E-state index contributed by atoms with van der Waals surface area (Å²) in [4.78, 5) is 29.5. The van der Waals surface area contributed by atoms with Crippen molar-refractivity contribution in [1.29, 1.82) is 0 Å². The molecule has 0 aliphatic carbocycles. The van der Waals surface area contributed by atoms with E-state index in [4.69, 9.17) is 9.47 Å². The molecule has 0 aromatic heterocycles. The third-order valence-corrected chi connectivity index (χ3v) is 2.59. The number of ether oxygens (including phenoxy) is 2. The van der Waals surface area contributed by atoms with E-state index in [2.05, 4.69) is 15.3 Å². The topological polar surface area (TPSA) is 176 Å². The quantitative estimate of drug-likeness (QED) is 0.331. The summed E-state index contributed by atoms with van der Waals surface area (Å²) >= 11 is 0. The van der Waals surface area contributed by atoms with E-state index in [0.29, 0.717) is 0 Å². The second-order valence-corrected chi connectivity index (χ2v) is 7.59. The van der Waals surface area contributed by atoms with Crippen molar-refractivity contribution in [2.75, 3.05) is 13.1 Å². The fourth-order valence-electron chi connectivity index (χ4n) is 1.57. The average Bonchev–Trinajstić information content (AvgIpc) is 2.41. The van der Waals surface area contributed by atoms with Crippen molar-refractivity contribution in [2.45, 2.75) is 64.8 Å². The summed E-state index contributed by atoms with van der Waals surface area (Å²) in [7, 11) is 0. The number of carbonyl (C=O) groups is 2. The number of nitrogens with zero attached hydrogens (tertiary/aromatic N) is 2. The molecule has 0 aromatic rings. The maximum Gasteiger partial charge on any atom is 0.322 e. The molecule has 2 atom stereocenters. The molecule has 0 saturated carbocycles. The van der Waals surface area contributed by atoms with Gasteiger partial charge in [0.15, 0.2) is 0 Å². The number of carboxylic acid groups (broad SMARTS) is 2. The Bertz CT molecular complexity index is 525. The third kappa shape index (κ3) is 12.4. The van der Waals surface area contributed by atoms with E-state index in [9.17, 15) is 30.0 Å². The lowest BCUT2D eigenvalue weighted by Gasteiger charge is -2.30. The van der Waals surface area contributed by atoms with Crippen LogP contribution < -0.4 is 15.5 Å². The van der Waals surface area contributed by atoms with Gasteiger partial charge in [-0.1, -0.05) is 41.5 Å². The van der Waals surface area contributed by atoms with Gasteiger partial charge < -0.3 is 29.9 Å². The molecule has 0 radical (unpaired) electrons. The van der Waals surface area contributed by atoms with Gasteiger partial charge >= 0.3 is 11.9 Å². The van der Waals surface area contributed by atoms with Crippen molar-refractivity contribution in [3.63, 3.8) is 0 Å². The predicted octanol–water partition coefficient (Wildman–Crippen LogP) is -1.45. The average molecular weight is 389 g/mol. The van der Waals surface area contributed by atoms with E-state index < -0.39 is 60.5 Å². The van der Waals surface area contributed by atoms with E-state index in [1.807, 2.05) is 0 Å². The van der Waals surface area contributed by atoms with Crippen LogP contribution in [0.5, 0.6) is 0 Å². The largest absolute Gasteiger partial charge is 0.595 e. The van der Waals surface area contributed by atoms with Crippen molar-refractivity contribution in [1.82, 2.24) is 5.32 Å². The van der Waals surface area contributed by atoms with Gasteiger partial charge in [0, 0.05) is 11.2 Å². The van der Waals surface area contributed by atoms with Crippen LogP contribution in [-0.2, 0) is 19.1 Å². The molecule has 0 amide bonds. The number of nitrogens with one attached hydrogen (secondary N) is 1. The highest BCUT2D eigenvalue weighted by molar-refractivity contribution is 5.78. The Morgan fingerprint density at radius 3 is 1.37 bits per heavy atom. The first-order valence-corrected chi connectivity index (χ1v) is 8.13. The molecule has 1 unspecified atom stereocenters. The Balaban J connectivity index is 5.05. The van der Waals surface area contributed by atoms with Crippen LogP contribution in [0.15, 0.2) is 9.98 Å². The van der Waals surface area contributed by atoms with Crippen molar-refractivity contribution >= 4 is 24.1 Å². The summed E-state index contributed by atoms with van der Waals surface area (Å²) in [5, 5.41) is 43.8. The van der Waals surface area contributed by atoms with Gasteiger partial charge in [-0.3, -0.25) is 24.9 Å². The van der Waals surface area contributed by atoms with Crippen LogP contribution in [-0.4, -0.2) is 70.7 Å². The van der Waals surface area contributed by atoms with Crippen LogP contribution in [0.3, 0.4) is 0 Å². The number of rotatable bonds is 8. The number of hydrogen-bond acceptors (Lipinski definition) is 9. The van der Waals surface area contributed by atoms with Gasteiger partial charge in [-0.2, -0.15) is 0 Å². The van der Waals surface area contributed by atoms with E-state index in [1.54, 1.807) is 41.5 Å². The fourth-order valence-corrected chi connectivity index (χ4v) is 1.57. The normalized spacial score (nSPS) is 15.8. The Morgan fingerprint density at radius 1 is 0.852 bits per heavy atom. The van der Waals surface area contributed by atoms with E-state index in [-0.39, 0.29) is 0 Å². The molecule has 0 spiro atoms. The molecule has 0 aromatic carbocycles. The highest BCUT2D eigenvalue weighted by Crippen LogP contribution is 2.07. The molecular weight excluding hydrogens is 362 g/mol. The molecule has 0 heterocycles. The second kappa shape index (κ2) is 9.95. The van der Waals surface area contributed by atoms with Crippen molar-refractivity contribution in [3.8, 4) is 0 Å². The van der Waals surface area contributed by atoms with Crippen molar-refractivity contribution in [2.24, 2.45) is 9.98 Å². The Kier molecular flexibility index (Phi) is 9.01. The summed E-state index contributed by atoms with van der Waals surface area (Å²) < 4.78 is 9.85. The monoisotopic (exact) mass is 389 g/mol. The minimum atomic E-state index is -1.49. The molecule has 0 aliphatic rings. The van der Waals surface area contributed by atoms with Gasteiger partial charge in [-0.25, -0.2) is 0 Å². The Morgan fingerprint density at radius 2 is 1.15 bits per heavy atom. The molecule has 0 fully saturated rings. The molecule has 3 N–H and O–H groups in total. The smallest absolute Gasteiger partial charge is 0.322 e. The minimum absolute atomic E-state index is 0.555. The first kappa shape index (κ1) is 24.4. The van der Waals surface area contributed by atoms with Gasteiger partial charge in [-0.15, -0.1) is 0 Å². The highest BCUT2D eigenvalue weighted by Gasteiger charge is 2.25. The summed E-state index contributed by atoms with van der Waals surface area (Å²) in [6, 6.07) is -2.99. The lowest BCUT2D eigenvalue weighted by molar-refractivity contribution is -0.261. The van der Waals surface area contributed by atoms with E-state index in [1.165, 1.54) is 0 Å². The second-order valence-electron chi connectivity index (χ2n) is 7.59. The van der Waals surface area contributed by atoms with Crippen LogP contribution in [0.1, 0.15) is 41.5 Å². The highest BCUT2D eigenvalue weighted by atomic mass is 16.6. The first-order valence-electron chi connectivity index (χ1n) is 8.13. The van der Waals surface area contributed by atoms with Crippen LogP contribution in [0, 0.1) is 0 Å². The number of carboxylic acids is 2. The Hall–Kier alpha value is -2.56. The molecule has 0 rings (SSSR count). The van der Waals surface area contributed by atoms with Crippen molar-refractivity contribution in [3.05, 3.63) is 0 Å². The standard InChI is InChI=1S/C16H29N3O8/c1-15(2,3)26-13(24)17-7-9(11(20)21)19-10(12(22)23)8-18-14(25)27-16(4,5)6/h9-10,19H,7-8H2,1-6H3,(H,17,24)(H,18,25)(H,20,21)(H,22,23)/p-2/t9-,10?/m0/s1. The van der Waals surface area contributed by atoms with Gasteiger partial charge in [0.25, 0.3) is 0 Å². The molecule has 27 heavy (non-hydrogen) atoms. The molecule has 11 heteroatoms. The van der Waals surface area contributed by atoms with Gasteiger partial charge in [0.05, 0.1) is 13.1 Å². The summed E-state index contributed by atoms with van der Waals surface area (Å²) in [6.45, 7) is 8.59. The van der Waals surface area contributed by atoms with Crippen LogP contribution >= 0.6 is 0 Å². The van der Waals surface area contributed by atoms with Crippen LogP contribution in [0.25, 0.3) is 0 Å². The SMILES string of the molecule is CC(C)(C)OC([O-])=NCC(N[C@@H](CN=C([O-])OC(C)(C)C)C(=O)O)C(=O)O. The zero-order valence-electron chi connectivity index (χ0n) is 16.3. The molecule has 0 saturated heterocycles. The zero-order valence-corrected chi connectivity index (χ0v) is 16.3. The van der Waals surface area contributed by atoms with Crippen LogP contribution in [0.2, 0.25) is 0 Å². The molecule has 156 valence electrons. The summed E-state index contributed by atoms with van der Waals surface area (Å²) in [6.07, 6.45) is -1.94. The number of hydrogen-bond donors (Lipinski definition) is 3. The number of aliphatic imine (C=N–C) groups is 2. The fraction of sp³-hybridized carbons (Fsp3) is 0.750. The number of aliphatic carboxylic acids is 2. The maximum absolute atomic E-state index is 11.5. The lowest BCUT2D eigenvalue weighted by Crippen LogP contribution is -2.50. The van der Waals surface area contributed by atoms with E-state index in [0.717, 1.165) is 0 Å². The summed E-state index contributed by atoms with van der Waals surface area (Å²) in [5.41, 5.74) is -1.61. The maximum atomic E-state index is 11.5.